The minimum Gasteiger partial charge on any atom is -0.340 e. The first kappa shape index (κ1) is 15.3. The lowest BCUT2D eigenvalue weighted by molar-refractivity contribution is -0.134. The Morgan fingerprint density at radius 2 is 1.71 bits per heavy atom. The normalized spacial score (nSPS) is 23.9. The van der Waals surface area contributed by atoms with Gasteiger partial charge in [0.2, 0.25) is 5.91 Å². The Labute approximate surface area is 143 Å². The van der Waals surface area contributed by atoms with Crippen molar-refractivity contribution in [3.8, 4) is 0 Å². The number of amides is 1. The van der Waals surface area contributed by atoms with Crippen LogP contribution in [0.2, 0.25) is 0 Å². The second-order valence-electron chi connectivity index (χ2n) is 6.82. The van der Waals surface area contributed by atoms with Gasteiger partial charge in [0.05, 0.1) is 0 Å². The molecule has 2 heterocycles. The van der Waals surface area contributed by atoms with Crippen LogP contribution in [0.1, 0.15) is 23.5 Å². The highest BCUT2D eigenvalue weighted by Crippen LogP contribution is 2.48. The van der Waals surface area contributed by atoms with Gasteiger partial charge >= 0.3 is 0 Å². The number of aromatic nitrogens is 1. The molecule has 1 amide bonds. The smallest absolute Gasteiger partial charge is 0.226 e. The zero-order valence-electron chi connectivity index (χ0n) is 13.8. The number of hydrogen-bond donors (Lipinski definition) is 0. The van der Waals surface area contributed by atoms with Gasteiger partial charge in [0.15, 0.2) is 0 Å². The minimum absolute atomic E-state index is 0.208. The SMILES string of the molecule is O=C([C@@H]1C[C@@H]1c1ccccc1)N1CCN(Cc2ccncc2)CC1. The van der Waals surface area contributed by atoms with E-state index < -0.39 is 0 Å². The molecule has 0 N–H and O–H groups in total. The fourth-order valence-electron chi connectivity index (χ4n) is 3.64. The van der Waals surface area contributed by atoms with E-state index in [2.05, 4.69) is 51.2 Å². The standard InChI is InChI=1S/C20H23N3O/c24-20(19-14-18(19)17-4-2-1-3-5-17)23-12-10-22(11-13-23)15-16-6-8-21-9-7-16/h1-9,18-19H,10-15H2/t18-,19-/m1/s1. The van der Waals surface area contributed by atoms with E-state index in [9.17, 15) is 4.79 Å². The van der Waals surface area contributed by atoms with E-state index in [0.29, 0.717) is 11.8 Å². The first-order valence-electron chi connectivity index (χ1n) is 8.76. The summed E-state index contributed by atoms with van der Waals surface area (Å²) in [6, 6.07) is 14.6. The Morgan fingerprint density at radius 1 is 1.00 bits per heavy atom. The lowest BCUT2D eigenvalue weighted by atomic mass is 10.1. The second kappa shape index (κ2) is 6.73. The molecule has 1 aliphatic heterocycles. The Bertz CT molecular complexity index is 681. The van der Waals surface area contributed by atoms with E-state index in [-0.39, 0.29) is 5.92 Å². The molecule has 1 aromatic heterocycles. The highest BCUT2D eigenvalue weighted by atomic mass is 16.2. The van der Waals surface area contributed by atoms with Crippen LogP contribution in [0.25, 0.3) is 0 Å². The van der Waals surface area contributed by atoms with E-state index in [4.69, 9.17) is 0 Å². The minimum atomic E-state index is 0.208. The summed E-state index contributed by atoms with van der Waals surface area (Å²) >= 11 is 0. The molecule has 0 radical (unpaired) electrons. The van der Waals surface area contributed by atoms with Crippen LogP contribution < -0.4 is 0 Å². The van der Waals surface area contributed by atoms with E-state index in [1.807, 2.05) is 18.5 Å². The summed E-state index contributed by atoms with van der Waals surface area (Å²) in [5.74, 6) is 1.00. The van der Waals surface area contributed by atoms with Gasteiger partial charge in [-0.1, -0.05) is 30.3 Å². The maximum absolute atomic E-state index is 12.7. The summed E-state index contributed by atoms with van der Waals surface area (Å²) < 4.78 is 0. The Balaban J connectivity index is 1.28. The van der Waals surface area contributed by atoms with E-state index in [1.165, 1.54) is 11.1 Å². The fraction of sp³-hybridized carbons (Fsp3) is 0.400. The number of benzene rings is 1. The lowest BCUT2D eigenvalue weighted by Gasteiger charge is -2.35. The van der Waals surface area contributed by atoms with Crippen LogP contribution in [0.5, 0.6) is 0 Å². The predicted octanol–water partition coefficient (Wildman–Crippen LogP) is 2.53. The van der Waals surface area contributed by atoms with Crippen molar-refractivity contribution in [3.05, 3.63) is 66.0 Å². The van der Waals surface area contributed by atoms with Crippen LogP contribution in [-0.2, 0) is 11.3 Å². The number of piperazine rings is 1. The third-order valence-corrected chi connectivity index (χ3v) is 5.17. The zero-order chi connectivity index (χ0) is 16.4. The van der Waals surface area contributed by atoms with Crippen LogP contribution in [0, 0.1) is 5.92 Å². The highest BCUT2D eigenvalue weighted by Gasteiger charge is 2.45. The molecule has 4 nitrogen and oxygen atoms in total. The number of rotatable bonds is 4. The van der Waals surface area contributed by atoms with Crippen molar-refractivity contribution >= 4 is 5.91 Å². The van der Waals surface area contributed by atoms with Gasteiger partial charge in [-0.3, -0.25) is 14.7 Å². The number of carbonyl (C=O) groups is 1. The zero-order valence-corrected chi connectivity index (χ0v) is 13.8. The molecule has 4 rings (SSSR count). The molecule has 4 heteroatoms. The molecule has 2 fully saturated rings. The third kappa shape index (κ3) is 3.34. The molecule has 1 aromatic carbocycles. The first-order valence-corrected chi connectivity index (χ1v) is 8.76. The average molecular weight is 321 g/mol. The van der Waals surface area contributed by atoms with Crippen molar-refractivity contribution in [3.63, 3.8) is 0 Å². The summed E-state index contributed by atoms with van der Waals surface area (Å²) in [5.41, 5.74) is 2.60. The van der Waals surface area contributed by atoms with E-state index >= 15 is 0 Å². The monoisotopic (exact) mass is 321 g/mol. The van der Waals surface area contributed by atoms with Crippen LogP contribution >= 0.6 is 0 Å². The van der Waals surface area contributed by atoms with Crippen molar-refractivity contribution in [1.82, 2.24) is 14.8 Å². The van der Waals surface area contributed by atoms with Crippen LogP contribution in [0.15, 0.2) is 54.9 Å². The second-order valence-corrected chi connectivity index (χ2v) is 6.82. The lowest BCUT2D eigenvalue weighted by Crippen LogP contribution is -2.48. The highest BCUT2D eigenvalue weighted by molar-refractivity contribution is 5.83. The summed E-state index contributed by atoms with van der Waals surface area (Å²) in [7, 11) is 0. The van der Waals surface area contributed by atoms with Crippen molar-refractivity contribution in [2.45, 2.75) is 18.9 Å². The van der Waals surface area contributed by atoms with Gasteiger partial charge in [-0.15, -0.1) is 0 Å². The molecule has 124 valence electrons. The third-order valence-electron chi connectivity index (χ3n) is 5.17. The van der Waals surface area contributed by atoms with Gasteiger partial charge < -0.3 is 4.90 Å². The molecule has 0 bridgehead atoms. The van der Waals surface area contributed by atoms with E-state index in [1.54, 1.807) is 0 Å². The molecular weight excluding hydrogens is 298 g/mol. The largest absolute Gasteiger partial charge is 0.340 e. The summed E-state index contributed by atoms with van der Waals surface area (Å²) in [5, 5.41) is 0. The molecule has 1 saturated carbocycles. The topological polar surface area (TPSA) is 36.4 Å². The Morgan fingerprint density at radius 3 is 2.42 bits per heavy atom. The number of pyridine rings is 1. The molecule has 0 spiro atoms. The maximum Gasteiger partial charge on any atom is 0.226 e. The van der Waals surface area contributed by atoms with Crippen LogP contribution in [-0.4, -0.2) is 46.9 Å². The number of hydrogen-bond acceptors (Lipinski definition) is 3. The van der Waals surface area contributed by atoms with Gasteiger partial charge in [-0.25, -0.2) is 0 Å². The first-order chi connectivity index (χ1) is 11.8. The van der Waals surface area contributed by atoms with Gasteiger partial charge in [0.25, 0.3) is 0 Å². The quantitative estimate of drug-likeness (QED) is 0.868. The molecular formula is C20H23N3O. The Kier molecular flexibility index (Phi) is 4.30. The van der Waals surface area contributed by atoms with Gasteiger partial charge in [0, 0.05) is 51.0 Å². The molecule has 0 unspecified atom stereocenters. The van der Waals surface area contributed by atoms with Crippen molar-refractivity contribution in [1.29, 1.82) is 0 Å². The van der Waals surface area contributed by atoms with Gasteiger partial charge in [0.1, 0.15) is 0 Å². The average Bonchev–Trinajstić information content (AvgIpc) is 3.44. The fourth-order valence-corrected chi connectivity index (χ4v) is 3.64. The summed E-state index contributed by atoms with van der Waals surface area (Å²) in [6.45, 7) is 4.55. The molecule has 24 heavy (non-hydrogen) atoms. The van der Waals surface area contributed by atoms with Crippen molar-refractivity contribution < 1.29 is 4.79 Å². The molecule has 2 aliphatic rings. The molecule has 1 saturated heterocycles. The number of nitrogens with zero attached hydrogens (tertiary/aromatic N) is 3. The molecule has 1 aliphatic carbocycles. The molecule has 2 aromatic rings. The van der Waals surface area contributed by atoms with Crippen molar-refractivity contribution in [2.24, 2.45) is 5.92 Å². The summed E-state index contributed by atoms with van der Waals surface area (Å²) in [6.07, 6.45) is 4.69. The predicted molar refractivity (Wildman–Crippen MR) is 93.4 cm³/mol. The van der Waals surface area contributed by atoms with Gasteiger partial charge in [-0.2, -0.15) is 0 Å². The maximum atomic E-state index is 12.7. The Hall–Kier alpha value is -2.20. The van der Waals surface area contributed by atoms with Gasteiger partial charge in [-0.05, 0) is 35.6 Å². The van der Waals surface area contributed by atoms with Crippen LogP contribution in [0.4, 0.5) is 0 Å². The van der Waals surface area contributed by atoms with Crippen LogP contribution in [0.3, 0.4) is 0 Å². The van der Waals surface area contributed by atoms with Crippen molar-refractivity contribution in [2.75, 3.05) is 26.2 Å². The molecule has 2 atom stereocenters. The number of carbonyl (C=O) groups excluding carboxylic acids is 1. The van der Waals surface area contributed by atoms with E-state index in [0.717, 1.165) is 39.1 Å². The summed E-state index contributed by atoms with van der Waals surface area (Å²) in [4.78, 5) is 21.3.